The van der Waals surface area contributed by atoms with E-state index in [2.05, 4.69) is 60.0 Å². The standard InChI is InChI=1S/C40H35ClN2O3S/c1-26-21-34-37(46-25-33-17-13-31(23-42-33)28-7-3-2-4-8-28)20-19-35-39(34)40(47-26)36(43(35)24-27-11-15-32(41)16-12-27)18-14-29-9-5-6-10-30(29)22-38(44)45/h2-13,15-17,19-20,23,26H,14,18,21-22,24-25H2,1H3,(H,44,45). The fourth-order valence-corrected chi connectivity index (χ4v) is 8.03. The topological polar surface area (TPSA) is 64.3 Å². The Morgan fingerprint density at radius 2 is 1.68 bits per heavy atom. The molecule has 7 heteroatoms. The van der Waals surface area contributed by atoms with Crippen LogP contribution < -0.4 is 4.74 Å². The van der Waals surface area contributed by atoms with Gasteiger partial charge in [-0.05, 0) is 71.8 Å². The first-order chi connectivity index (χ1) is 22.9. The molecule has 0 amide bonds. The van der Waals surface area contributed by atoms with E-state index >= 15 is 0 Å². The van der Waals surface area contributed by atoms with E-state index < -0.39 is 5.97 Å². The maximum Gasteiger partial charge on any atom is 0.307 e. The van der Waals surface area contributed by atoms with Gasteiger partial charge in [-0.1, -0.05) is 91.3 Å². The highest BCUT2D eigenvalue weighted by atomic mass is 35.5. The van der Waals surface area contributed by atoms with Gasteiger partial charge in [-0.3, -0.25) is 9.78 Å². The van der Waals surface area contributed by atoms with E-state index in [1.54, 1.807) is 0 Å². The Kier molecular flexibility index (Phi) is 9.05. The van der Waals surface area contributed by atoms with Crippen molar-refractivity contribution in [3.05, 3.63) is 148 Å². The van der Waals surface area contributed by atoms with Crippen LogP contribution in [0.25, 0.3) is 22.0 Å². The van der Waals surface area contributed by atoms with Crippen molar-refractivity contribution in [3.8, 4) is 16.9 Å². The van der Waals surface area contributed by atoms with Gasteiger partial charge in [-0.15, -0.1) is 11.8 Å². The van der Waals surface area contributed by atoms with Gasteiger partial charge in [0.15, 0.2) is 0 Å². The van der Waals surface area contributed by atoms with Crippen LogP contribution in [0.5, 0.6) is 5.75 Å². The lowest BCUT2D eigenvalue weighted by atomic mass is 9.99. The van der Waals surface area contributed by atoms with Crippen LogP contribution >= 0.6 is 23.4 Å². The average Bonchev–Trinajstić information content (AvgIpc) is 3.37. The van der Waals surface area contributed by atoms with Crippen molar-refractivity contribution in [1.29, 1.82) is 0 Å². The molecule has 5 nitrogen and oxygen atoms in total. The third-order valence-corrected chi connectivity index (χ3v) is 10.3. The third-order valence-electron chi connectivity index (χ3n) is 8.82. The number of rotatable bonds is 11. The Morgan fingerprint density at radius 1 is 0.915 bits per heavy atom. The molecule has 0 saturated carbocycles. The second-order valence-electron chi connectivity index (χ2n) is 12.1. The van der Waals surface area contributed by atoms with Crippen LogP contribution in [0.1, 0.15) is 40.6 Å². The summed E-state index contributed by atoms with van der Waals surface area (Å²) in [5.41, 5.74) is 9.94. The number of aliphatic carboxylic acids is 1. The van der Waals surface area contributed by atoms with Crippen LogP contribution in [-0.2, 0) is 43.6 Å². The molecule has 1 unspecified atom stereocenters. The van der Waals surface area contributed by atoms with Crippen LogP contribution in [0.3, 0.4) is 0 Å². The fraction of sp³-hybridized carbons (Fsp3) is 0.200. The maximum atomic E-state index is 11.6. The van der Waals surface area contributed by atoms with E-state index in [1.165, 1.54) is 32.6 Å². The zero-order valence-electron chi connectivity index (χ0n) is 26.2. The van der Waals surface area contributed by atoms with E-state index in [0.29, 0.717) is 18.4 Å². The van der Waals surface area contributed by atoms with Crippen molar-refractivity contribution in [2.45, 2.75) is 55.9 Å². The number of carbonyl (C=O) groups is 1. The summed E-state index contributed by atoms with van der Waals surface area (Å²) >= 11 is 8.17. The van der Waals surface area contributed by atoms with Crippen molar-refractivity contribution < 1.29 is 14.6 Å². The summed E-state index contributed by atoms with van der Waals surface area (Å²) < 4.78 is 8.96. The smallest absolute Gasteiger partial charge is 0.307 e. The Labute approximate surface area is 284 Å². The molecular weight excluding hydrogens is 624 g/mol. The largest absolute Gasteiger partial charge is 0.487 e. The summed E-state index contributed by atoms with van der Waals surface area (Å²) in [6.07, 6.45) is 4.40. The lowest BCUT2D eigenvalue weighted by Crippen LogP contribution is -2.10. The number of ether oxygens (including phenoxy) is 1. The normalized spacial score (nSPS) is 14.0. The minimum Gasteiger partial charge on any atom is -0.487 e. The highest BCUT2D eigenvalue weighted by Gasteiger charge is 2.29. The number of carboxylic acids is 1. The second-order valence-corrected chi connectivity index (χ2v) is 14.0. The lowest BCUT2D eigenvalue weighted by molar-refractivity contribution is -0.136. The van der Waals surface area contributed by atoms with Gasteiger partial charge in [0.25, 0.3) is 0 Å². The first kappa shape index (κ1) is 31.1. The number of hydrogen-bond donors (Lipinski definition) is 1. The molecule has 1 aliphatic heterocycles. The molecule has 0 spiro atoms. The van der Waals surface area contributed by atoms with Gasteiger partial charge in [0.05, 0.1) is 17.6 Å². The summed E-state index contributed by atoms with van der Waals surface area (Å²) in [5.74, 6) is 0.0927. The molecule has 0 bridgehead atoms. The van der Waals surface area contributed by atoms with Gasteiger partial charge in [0.2, 0.25) is 0 Å². The summed E-state index contributed by atoms with van der Waals surface area (Å²) in [6.45, 7) is 3.39. The average molecular weight is 659 g/mol. The minimum atomic E-state index is -0.812. The third kappa shape index (κ3) is 6.80. The summed E-state index contributed by atoms with van der Waals surface area (Å²) in [5, 5.41) is 11.9. The predicted octanol–water partition coefficient (Wildman–Crippen LogP) is 9.43. The number of aromatic nitrogens is 2. The first-order valence-corrected chi connectivity index (χ1v) is 17.2. The molecule has 1 N–H and O–H groups in total. The quantitative estimate of drug-likeness (QED) is 0.150. The van der Waals surface area contributed by atoms with E-state index in [9.17, 15) is 9.90 Å². The van der Waals surface area contributed by atoms with Gasteiger partial charge in [-0.25, -0.2) is 0 Å². The molecule has 0 radical (unpaired) electrons. The SMILES string of the molecule is CC1Cc2c(OCc3ccc(-c4ccccc4)cn3)ccc3c2c(c(CCc2ccccc2CC(=O)O)n3Cc2ccc(Cl)cc2)S1. The Hall–Kier alpha value is -4.52. The van der Waals surface area contributed by atoms with Crippen molar-refractivity contribution in [1.82, 2.24) is 9.55 Å². The van der Waals surface area contributed by atoms with E-state index in [0.717, 1.165) is 58.0 Å². The molecule has 2 aromatic heterocycles. The van der Waals surface area contributed by atoms with Crippen molar-refractivity contribution in [2.24, 2.45) is 0 Å². The number of nitrogens with zero attached hydrogens (tertiary/aromatic N) is 2. The number of aryl methyl sites for hydroxylation is 1. The van der Waals surface area contributed by atoms with E-state index in [4.69, 9.17) is 21.3 Å². The molecule has 4 aromatic carbocycles. The second kappa shape index (κ2) is 13.7. The molecule has 6 aromatic rings. The molecule has 1 atom stereocenters. The summed E-state index contributed by atoms with van der Waals surface area (Å²) in [4.78, 5) is 17.6. The number of carboxylic acid groups (broad SMARTS) is 1. The molecule has 3 heterocycles. The number of halogens is 1. The monoisotopic (exact) mass is 658 g/mol. The highest BCUT2D eigenvalue weighted by Crippen LogP contribution is 2.47. The Balaban J connectivity index is 1.24. The Bertz CT molecular complexity index is 2040. The summed E-state index contributed by atoms with van der Waals surface area (Å²) in [6, 6.07) is 34.7. The van der Waals surface area contributed by atoms with E-state index in [-0.39, 0.29) is 6.42 Å². The van der Waals surface area contributed by atoms with Gasteiger partial charge in [-0.2, -0.15) is 0 Å². The molecule has 7 rings (SSSR count). The van der Waals surface area contributed by atoms with Crippen LogP contribution in [0.4, 0.5) is 0 Å². The molecule has 47 heavy (non-hydrogen) atoms. The predicted molar refractivity (Wildman–Crippen MR) is 191 cm³/mol. The number of hydrogen-bond acceptors (Lipinski definition) is 4. The first-order valence-electron chi connectivity index (χ1n) is 15.9. The molecule has 0 aliphatic carbocycles. The molecule has 236 valence electrons. The number of pyridine rings is 1. The molecule has 0 fully saturated rings. The number of thioether (sulfide) groups is 1. The highest BCUT2D eigenvalue weighted by molar-refractivity contribution is 8.00. The van der Waals surface area contributed by atoms with Crippen molar-refractivity contribution >= 4 is 40.2 Å². The van der Waals surface area contributed by atoms with Gasteiger partial charge < -0.3 is 14.4 Å². The van der Waals surface area contributed by atoms with Crippen LogP contribution in [0.15, 0.2) is 114 Å². The van der Waals surface area contributed by atoms with Crippen LogP contribution in [0.2, 0.25) is 5.02 Å². The van der Waals surface area contributed by atoms with Crippen molar-refractivity contribution in [2.75, 3.05) is 0 Å². The van der Waals surface area contributed by atoms with Gasteiger partial charge in [0, 0.05) is 50.1 Å². The van der Waals surface area contributed by atoms with Crippen LogP contribution in [-0.4, -0.2) is 25.9 Å². The van der Waals surface area contributed by atoms with Crippen molar-refractivity contribution in [3.63, 3.8) is 0 Å². The summed E-state index contributed by atoms with van der Waals surface area (Å²) in [7, 11) is 0. The molecule has 0 saturated heterocycles. The minimum absolute atomic E-state index is 0.0251. The van der Waals surface area contributed by atoms with E-state index in [1.807, 2.05) is 72.6 Å². The van der Waals surface area contributed by atoms with Crippen LogP contribution in [0, 0.1) is 0 Å². The zero-order valence-corrected chi connectivity index (χ0v) is 27.7. The zero-order chi connectivity index (χ0) is 32.3. The van der Waals surface area contributed by atoms with Gasteiger partial charge in [0.1, 0.15) is 12.4 Å². The number of benzene rings is 4. The Morgan fingerprint density at radius 3 is 2.43 bits per heavy atom. The fourth-order valence-electron chi connectivity index (χ4n) is 6.56. The molecule has 1 aliphatic rings. The lowest BCUT2D eigenvalue weighted by Gasteiger charge is -2.22. The molecular formula is C40H35ClN2O3S. The maximum absolute atomic E-state index is 11.6. The van der Waals surface area contributed by atoms with Gasteiger partial charge >= 0.3 is 5.97 Å².